The minimum Gasteiger partial charge on any atom is -0.397 e. The number of nitrogens with zero attached hydrogens (tertiary/aromatic N) is 2. The highest BCUT2D eigenvalue weighted by Gasteiger charge is 1.74. The van der Waals surface area contributed by atoms with Crippen LogP contribution in [0.25, 0.3) is 0 Å². The van der Waals surface area contributed by atoms with Crippen LogP contribution in [0.15, 0.2) is 40.5 Å². The van der Waals surface area contributed by atoms with E-state index >= 15 is 0 Å². The molecule has 0 saturated carbocycles. The summed E-state index contributed by atoms with van der Waals surface area (Å²) in [4.78, 5) is 0. The van der Waals surface area contributed by atoms with Gasteiger partial charge in [-0.1, -0.05) is 6.58 Å². The number of nitrogens with two attached hydrogens (primary N) is 1. The lowest BCUT2D eigenvalue weighted by Crippen LogP contribution is -1.89. The average Bonchev–Trinajstić information content (AvgIpc) is 1.85. The van der Waals surface area contributed by atoms with Crippen molar-refractivity contribution in [2.75, 3.05) is 7.05 Å². The number of allylic oxidation sites excluding steroid dienone is 1. The molecule has 0 rings (SSSR count). The topological polar surface area (TPSA) is 50.7 Å². The summed E-state index contributed by atoms with van der Waals surface area (Å²) < 4.78 is 0. The second kappa shape index (κ2) is 4.81. The summed E-state index contributed by atoms with van der Waals surface area (Å²) in [6, 6.07) is 0. The molecule has 3 heteroatoms. The molecule has 0 heterocycles. The van der Waals surface area contributed by atoms with Crippen LogP contribution in [-0.2, 0) is 0 Å². The zero-order valence-corrected chi connectivity index (χ0v) is 5.33. The van der Waals surface area contributed by atoms with E-state index in [1.165, 1.54) is 12.3 Å². The Morgan fingerprint density at radius 3 is 2.89 bits per heavy atom. The molecule has 2 N–H and O–H groups in total. The van der Waals surface area contributed by atoms with Gasteiger partial charge in [0.05, 0.1) is 11.9 Å². The zero-order valence-electron chi connectivity index (χ0n) is 5.33. The van der Waals surface area contributed by atoms with E-state index in [1.807, 2.05) is 0 Å². The summed E-state index contributed by atoms with van der Waals surface area (Å²) in [5.74, 6) is 0. The summed E-state index contributed by atoms with van der Waals surface area (Å²) in [5.41, 5.74) is 8.32. The molecule has 3 nitrogen and oxygen atoms in total. The first-order valence-corrected chi connectivity index (χ1v) is 2.41. The SMILES string of the molecule is C=C=C/C(N)=C\N=N/C. The summed E-state index contributed by atoms with van der Waals surface area (Å²) in [5, 5.41) is 6.99. The normalized spacial score (nSPS) is 11.4. The van der Waals surface area contributed by atoms with Crippen LogP contribution in [0.4, 0.5) is 0 Å². The Kier molecular flexibility index (Phi) is 4.09. The van der Waals surface area contributed by atoms with E-state index in [0.29, 0.717) is 5.70 Å². The Bertz CT molecular complexity index is 173. The Morgan fingerprint density at radius 2 is 2.44 bits per heavy atom. The van der Waals surface area contributed by atoms with Crippen molar-refractivity contribution in [3.63, 3.8) is 0 Å². The van der Waals surface area contributed by atoms with Gasteiger partial charge in [-0.15, -0.1) is 5.73 Å². The molecular weight excluding hydrogens is 114 g/mol. The van der Waals surface area contributed by atoms with E-state index in [2.05, 4.69) is 22.5 Å². The minimum atomic E-state index is 0.496. The van der Waals surface area contributed by atoms with E-state index < -0.39 is 0 Å². The highest BCUT2D eigenvalue weighted by Crippen LogP contribution is 1.84. The third-order valence-electron chi connectivity index (χ3n) is 0.591. The quantitative estimate of drug-likeness (QED) is 0.335. The molecule has 0 bridgehead atoms. The van der Waals surface area contributed by atoms with Gasteiger partial charge in [0, 0.05) is 13.1 Å². The van der Waals surface area contributed by atoms with Crippen molar-refractivity contribution >= 4 is 0 Å². The van der Waals surface area contributed by atoms with Gasteiger partial charge in [-0.25, -0.2) is 0 Å². The van der Waals surface area contributed by atoms with Gasteiger partial charge < -0.3 is 5.73 Å². The molecule has 0 atom stereocenters. The van der Waals surface area contributed by atoms with Gasteiger partial charge in [0.1, 0.15) is 0 Å². The highest BCUT2D eigenvalue weighted by molar-refractivity contribution is 5.11. The maximum atomic E-state index is 5.32. The smallest absolute Gasteiger partial charge is 0.0727 e. The standard InChI is InChI=1S/C6H9N3/c1-3-4-6(7)5-9-8-2/h4-5H,1,7H2,2H3/b6-5+,9-8-. The summed E-state index contributed by atoms with van der Waals surface area (Å²) in [6.07, 6.45) is 2.95. The molecule has 0 radical (unpaired) electrons. The Labute approximate surface area is 54.3 Å². The molecule has 0 aliphatic heterocycles. The van der Waals surface area contributed by atoms with Gasteiger partial charge in [0.25, 0.3) is 0 Å². The first kappa shape index (κ1) is 7.66. The van der Waals surface area contributed by atoms with Crippen LogP contribution in [0, 0.1) is 0 Å². The fraction of sp³-hybridized carbons (Fsp3) is 0.167. The van der Waals surface area contributed by atoms with E-state index in [9.17, 15) is 0 Å². The molecule has 0 aromatic heterocycles. The molecule has 0 unspecified atom stereocenters. The molecular formula is C6H9N3. The monoisotopic (exact) mass is 123 g/mol. The fourth-order valence-electron chi connectivity index (χ4n) is 0.280. The lowest BCUT2D eigenvalue weighted by atomic mass is 10.5. The predicted molar refractivity (Wildman–Crippen MR) is 36.8 cm³/mol. The Balaban J connectivity index is 3.99. The summed E-state index contributed by atoms with van der Waals surface area (Å²) in [7, 11) is 1.57. The number of hydrogen-bond donors (Lipinski definition) is 1. The number of azo groups is 1. The van der Waals surface area contributed by atoms with E-state index in [4.69, 9.17) is 5.73 Å². The van der Waals surface area contributed by atoms with Gasteiger partial charge in [0.2, 0.25) is 0 Å². The van der Waals surface area contributed by atoms with Crippen LogP contribution in [0.1, 0.15) is 0 Å². The predicted octanol–water partition coefficient (Wildman–Crippen LogP) is 1.21. The van der Waals surface area contributed by atoms with Gasteiger partial charge >= 0.3 is 0 Å². The van der Waals surface area contributed by atoms with Gasteiger partial charge in [-0.2, -0.15) is 10.2 Å². The van der Waals surface area contributed by atoms with Crippen LogP contribution < -0.4 is 5.73 Å². The van der Waals surface area contributed by atoms with Crippen LogP contribution >= 0.6 is 0 Å². The molecule has 0 aliphatic carbocycles. The zero-order chi connectivity index (χ0) is 7.11. The molecule has 0 aromatic rings. The van der Waals surface area contributed by atoms with Gasteiger partial charge in [-0.3, -0.25) is 0 Å². The van der Waals surface area contributed by atoms with Crippen LogP contribution in [0.3, 0.4) is 0 Å². The van der Waals surface area contributed by atoms with E-state index in [0.717, 1.165) is 0 Å². The van der Waals surface area contributed by atoms with Gasteiger partial charge in [-0.05, 0) is 0 Å². The van der Waals surface area contributed by atoms with Crippen molar-refractivity contribution < 1.29 is 0 Å². The molecule has 0 aromatic carbocycles. The molecule has 0 spiro atoms. The lowest BCUT2D eigenvalue weighted by Gasteiger charge is -1.81. The summed E-state index contributed by atoms with van der Waals surface area (Å²) in [6.45, 7) is 3.34. The summed E-state index contributed by atoms with van der Waals surface area (Å²) >= 11 is 0. The van der Waals surface area contributed by atoms with Crippen molar-refractivity contribution in [2.24, 2.45) is 16.0 Å². The van der Waals surface area contributed by atoms with Crippen LogP contribution in [0.5, 0.6) is 0 Å². The molecule has 48 valence electrons. The average molecular weight is 123 g/mol. The number of hydrogen-bond acceptors (Lipinski definition) is 3. The third kappa shape index (κ3) is 4.51. The first-order chi connectivity index (χ1) is 4.31. The van der Waals surface area contributed by atoms with Crippen molar-refractivity contribution in [1.82, 2.24) is 0 Å². The second-order valence-electron chi connectivity index (χ2n) is 1.29. The van der Waals surface area contributed by atoms with Crippen LogP contribution in [-0.4, -0.2) is 7.05 Å². The number of rotatable bonds is 2. The van der Waals surface area contributed by atoms with Crippen LogP contribution in [0.2, 0.25) is 0 Å². The lowest BCUT2D eigenvalue weighted by molar-refractivity contribution is 1.14. The van der Waals surface area contributed by atoms with E-state index in [-0.39, 0.29) is 0 Å². The Morgan fingerprint density at radius 1 is 1.78 bits per heavy atom. The van der Waals surface area contributed by atoms with Gasteiger partial charge in [0.15, 0.2) is 0 Å². The maximum Gasteiger partial charge on any atom is 0.0727 e. The third-order valence-corrected chi connectivity index (χ3v) is 0.591. The maximum absolute atomic E-state index is 5.32. The van der Waals surface area contributed by atoms with Crippen molar-refractivity contribution in [3.8, 4) is 0 Å². The molecule has 0 aliphatic rings. The minimum absolute atomic E-state index is 0.496. The molecule has 9 heavy (non-hydrogen) atoms. The molecule has 0 amide bonds. The second-order valence-corrected chi connectivity index (χ2v) is 1.29. The Hall–Kier alpha value is -1.34. The van der Waals surface area contributed by atoms with Crippen molar-refractivity contribution in [2.45, 2.75) is 0 Å². The van der Waals surface area contributed by atoms with E-state index in [1.54, 1.807) is 7.05 Å². The van der Waals surface area contributed by atoms with Crippen molar-refractivity contribution in [3.05, 3.63) is 30.3 Å². The largest absolute Gasteiger partial charge is 0.397 e. The fourth-order valence-corrected chi connectivity index (χ4v) is 0.280. The molecule has 0 saturated heterocycles. The molecule has 0 fully saturated rings. The highest BCUT2D eigenvalue weighted by atomic mass is 15.1. The first-order valence-electron chi connectivity index (χ1n) is 2.41. The van der Waals surface area contributed by atoms with Crippen molar-refractivity contribution in [1.29, 1.82) is 0 Å².